The van der Waals surface area contributed by atoms with Crippen molar-refractivity contribution in [2.24, 2.45) is 23.2 Å². The lowest BCUT2D eigenvalue weighted by molar-refractivity contribution is -0.142. The van der Waals surface area contributed by atoms with Gasteiger partial charge in [0.1, 0.15) is 0 Å². The molecule has 4 rings (SSSR count). The van der Waals surface area contributed by atoms with Gasteiger partial charge < -0.3 is 19.3 Å². The number of rotatable bonds is 2. The van der Waals surface area contributed by atoms with Crippen LogP contribution < -0.4 is 0 Å². The third-order valence-corrected chi connectivity index (χ3v) is 6.05. The zero-order valence-electron chi connectivity index (χ0n) is 13.0. The molecule has 122 valence electrons. The van der Waals surface area contributed by atoms with E-state index in [1.54, 1.807) is 0 Å². The molecule has 3 unspecified atom stereocenters. The first-order valence-electron chi connectivity index (χ1n) is 8.43. The fourth-order valence-electron chi connectivity index (χ4n) is 5.02. The number of carbonyl (C=O) groups excluding carboxylic acids is 1. The van der Waals surface area contributed by atoms with Crippen molar-refractivity contribution in [2.45, 2.75) is 45.0 Å². The van der Waals surface area contributed by atoms with Crippen LogP contribution in [0, 0.1) is 23.2 Å². The van der Waals surface area contributed by atoms with E-state index in [0.29, 0.717) is 19.8 Å². The van der Waals surface area contributed by atoms with Crippen LogP contribution in [0.25, 0.3) is 0 Å². The number of aliphatic hydroxyl groups excluding tert-OH is 1. The molecular weight excluding hydrogens is 284 g/mol. The van der Waals surface area contributed by atoms with Crippen molar-refractivity contribution < 1.29 is 24.1 Å². The number of aliphatic hydroxyl groups is 1. The van der Waals surface area contributed by atoms with E-state index < -0.39 is 6.10 Å². The second kappa shape index (κ2) is 5.32. The summed E-state index contributed by atoms with van der Waals surface area (Å²) in [5, 5.41) is 10.9. The number of fused-ring (bicyclic) bond motifs is 5. The highest BCUT2D eigenvalue weighted by Crippen LogP contribution is 2.56. The van der Waals surface area contributed by atoms with Crippen LogP contribution in [-0.2, 0) is 19.0 Å². The fourth-order valence-corrected chi connectivity index (χ4v) is 5.02. The molecule has 0 radical (unpaired) electrons. The Kier molecular flexibility index (Phi) is 3.55. The number of allylic oxidation sites excluding steroid dienone is 1. The molecule has 2 aliphatic heterocycles. The van der Waals surface area contributed by atoms with Crippen LogP contribution >= 0.6 is 0 Å². The average Bonchev–Trinajstić information content (AvgIpc) is 3.05. The minimum atomic E-state index is -0.470. The molecule has 3 fully saturated rings. The van der Waals surface area contributed by atoms with E-state index in [1.807, 2.05) is 6.92 Å². The summed E-state index contributed by atoms with van der Waals surface area (Å²) in [5.74, 6) is 0.0934. The molecule has 4 aliphatic rings. The van der Waals surface area contributed by atoms with Gasteiger partial charge in [0.2, 0.25) is 0 Å². The van der Waals surface area contributed by atoms with E-state index in [0.717, 1.165) is 31.3 Å². The number of hydrogen-bond donors (Lipinski definition) is 1. The molecule has 0 amide bonds. The summed E-state index contributed by atoms with van der Waals surface area (Å²) in [6.45, 7) is 3.56. The minimum Gasteiger partial charge on any atom is -0.465 e. The topological polar surface area (TPSA) is 65.0 Å². The van der Waals surface area contributed by atoms with Crippen molar-refractivity contribution in [3.63, 3.8) is 0 Å². The van der Waals surface area contributed by atoms with Crippen LogP contribution in [-0.4, -0.2) is 43.3 Å². The summed E-state index contributed by atoms with van der Waals surface area (Å²) in [5.41, 5.74) is 0.828. The van der Waals surface area contributed by atoms with E-state index in [2.05, 4.69) is 6.08 Å². The van der Waals surface area contributed by atoms with Gasteiger partial charge in [-0.1, -0.05) is 6.08 Å². The number of esters is 1. The third kappa shape index (κ3) is 2.06. The van der Waals surface area contributed by atoms with Crippen LogP contribution in [0.5, 0.6) is 0 Å². The Labute approximate surface area is 130 Å². The first kappa shape index (κ1) is 14.7. The van der Waals surface area contributed by atoms with E-state index in [-0.39, 0.29) is 35.4 Å². The lowest BCUT2D eigenvalue weighted by Crippen LogP contribution is -2.36. The molecule has 2 saturated heterocycles. The maximum Gasteiger partial charge on any atom is 0.309 e. The van der Waals surface area contributed by atoms with Gasteiger partial charge in [0.15, 0.2) is 6.29 Å². The normalized spacial score (nSPS) is 47.1. The highest BCUT2D eigenvalue weighted by Gasteiger charge is 2.57. The maximum absolute atomic E-state index is 12.2. The predicted octanol–water partition coefficient (Wildman–Crippen LogP) is 1.65. The standard InChI is InChI=1S/C17H24O5/c1-2-20-14-7-17(9-22-14)6-11-12(8-21-16(11)19)10-4-3-5-13(17)15(10)18/h5,10-12,14-15,18H,2-4,6-9H2,1H3/t10?,11-,12+,14?,15?,17+/m1/s1. The van der Waals surface area contributed by atoms with Gasteiger partial charge in [-0.25, -0.2) is 0 Å². The van der Waals surface area contributed by atoms with Crippen molar-refractivity contribution in [1.82, 2.24) is 0 Å². The van der Waals surface area contributed by atoms with Gasteiger partial charge in [0, 0.05) is 24.4 Å². The molecule has 2 heterocycles. The Balaban J connectivity index is 1.71. The quantitative estimate of drug-likeness (QED) is 0.621. The molecule has 1 saturated carbocycles. The molecule has 0 aromatic heterocycles. The van der Waals surface area contributed by atoms with Crippen molar-refractivity contribution in [3.05, 3.63) is 11.6 Å². The third-order valence-electron chi connectivity index (χ3n) is 6.05. The van der Waals surface area contributed by atoms with Crippen molar-refractivity contribution in [3.8, 4) is 0 Å². The number of hydrogen-bond acceptors (Lipinski definition) is 5. The zero-order valence-corrected chi connectivity index (χ0v) is 13.0. The number of carbonyl (C=O) groups is 1. The van der Waals surface area contributed by atoms with Gasteiger partial charge in [-0.15, -0.1) is 0 Å². The molecule has 0 aromatic carbocycles. The smallest absolute Gasteiger partial charge is 0.309 e. The number of ether oxygens (including phenoxy) is 3. The Hall–Kier alpha value is -0.910. The first-order chi connectivity index (χ1) is 10.6. The summed E-state index contributed by atoms with van der Waals surface area (Å²) >= 11 is 0. The summed E-state index contributed by atoms with van der Waals surface area (Å²) in [6, 6.07) is 0. The van der Waals surface area contributed by atoms with Gasteiger partial charge in [0.05, 0.1) is 25.2 Å². The Morgan fingerprint density at radius 3 is 3.09 bits per heavy atom. The summed E-state index contributed by atoms with van der Waals surface area (Å²) in [6.07, 6.45) is 4.84. The van der Waals surface area contributed by atoms with Crippen molar-refractivity contribution in [1.29, 1.82) is 0 Å². The predicted molar refractivity (Wildman–Crippen MR) is 77.8 cm³/mol. The van der Waals surface area contributed by atoms with Crippen molar-refractivity contribution >= 4 is 5.97 Å². The zero-order chi connectivity index (χ0) is 15.3. The Morgan fingerprint density at radius 2 is 2.27 bits per heavy atom. The Morgan fingerprint density at radius 1 is 1.41 bits per heavy atom. The second-order valence-corrected chi connectivity index (χ2v) is 7.13. The van der Waals surface area contributed by atoms with Gasteiger partial charge >= 0.3 is 5.97 Å². The largest absolute Gasteiger partial charge is 0.465 e. The molecule has 2 aliphatic carbocycles. The van der Waals surface area contributed by atoms with E-state index >= 15 is 0 Å². The van der Waals surface area contributed by atoms with Crippen LogP contribution in [0.15, 0.2) is 11.6 Å². The summed E-state index contributed by atoms with van der Waals surface area (Å²) < 4.78 is 16.8. The molecule has 5 nitrogen and oxygen atoms in total. The molecule has 22 heavy (non-hydrogen) atoms. The number of cyclic esters (lactones) is 1. The van der Waals surface area contributed by atoms with Crippen molar-refractivity contribution in [2.75, 3.05) is 19.8 Å². The van der Waals surface area contributed by atoms with Gasteiger partial charge in [-0.3, -0.25) is 4.79 Å². The minimum absolute atomic E-state index is 0.0930. The molecule has 1 N–H and O–H groups in total. The highest BCUT2D eigenvalue weighted by atomic mass is 16.7. The Bertz CT molecular complexity index is 501. The lowest BCUT2D eigenvalue weighted by atomic mass is 9.70. The average molecular weight is 308 g/mol. The molecule has 1 spiro atoms. The highest BCUT2D eigenvalue weighted by molar-refractivity contribution is 5.75. The summed E-state index contributed by atoms with van der Waals surface area (Å²) in [4.78, 5) is 12.2. The monoisotopic (exact) mass is 308 g/mol. The van der Waals surface area contributed by atoms with Gasteiger partial charge in [-0.05, 0) is 37.7 Å². The maximum atomic E-state index is 12.2. The molecular formula is C17H24O5. The van der Waals surface area contributed by atoms with Crippen LogP contribution in [0.3, 0.4) is 0 Å². The van der Waals surface area contributed by atoms with E-state index in [9.17, 15) is 9.90 Å². The van der Waals surface area contributed by atoms with Crippen LogP contribution in [0.4, 0.5) is 0 Å². The van der Waals surface area contributed by atoms with Gasteiger partial charge in [0.25, 0.3) is 0 Å². The second-order valence-electron chi connectivity index (χ2n) is 7.13. The molecule has 5 heteroatoms. The first-order valence-corrected chi connectivity index (χ1v) is 8.43. The van der Waals surface area contributed by atoms with E-state index in [1.165, 1.54) is 0 Å². The summed E-state index contributed by atoms with van der Waals surface area (Å²) in [7, 11) is 0. The lowest BCUT2D eigenvalue weighted by Gasteiger charge is -2.36. The van der Waals surface area contributed by atoms with E-state index in [4.69, 9.17) is 14.2 Å². The molecule has 0 aromatic rings. The van der Waals surface area contributed by atoms with Crippen LogP contribution in [0.2, 0.25) is 0 Å². The molecule has 6 atom stereocenters. The van der Waals surface area contributed by atoms with Crippen LogP contribution in [0.1, 0.15) is 32.6 Å². The SMILES string of the molecule is CCOC1C[C@]2(CO1)C[C@H]1C(=O)OC[C@H]1C1CCC=C2C1O. The fraction of sp³-hybridized carbons (Fsp3) is 0.824. The molecule has 2 bridgehead atoms. The van der Waals surface area contributed by atoms with Gasteiger partial charge in [-0.2, -0.15) is 0 Å².